The van der Waals surface area contributed by atoms with Gasteiger partial charge in [0.05, 0.1) is 19.3 Å². The van der Waals surface area contributed by atoms with Crippen LogP contribution in [0.4, 0.5) is 0 Å². The van der Waals surface area contributed by atoms with Gasteiger partial charge in [0.15, 0.2) is 5.76 Å². The number of hydrogen-bond acceptors (Lipinski definition) is 7. The van der Waals surface area contributed by atoms with Gasteiger partial charge in [-0.15, -0.1) is 0 Å². The van der Waals surface area contributed by atoms with Gasteiger partial charge in [-0.3, -0.25) is 4.79 Å². The maximum absolute atomic E-state index is 13.1. The van der Waals surface area contributed by atoms with Crippen molar-refractivity contribution in [1.82, 2.24) is 0 Å². The Balaban J connectivity index is 1.40. The van der Waals surface area contributed by atoms with Gasteiger partial charge in [0, 0.05) is 11.5 Å². The van der Waals surface area contributed by atoms with Crippen molar-refractivity contribution < 1.29 is 33.0 Å². The number of ether oxygens (including phenoxy) is 4. The van der Waals surface area contributed by atoms with E-state index in [2.05, 4.69) is 0 Å². The summed E-state index contributed by atoms with van der Waals surface area (Å²) in [4.78, 5) is 25.9. The van der Waals surface area contributed by atoms with E-state index in [1.165, 1.54) is 6.07 Å². The zero-order valence-electron chi connectivity index (χ0n) is 19.4. The lowest BCUT2D eigenvalue weighted by Crippen LogP contribution is -2.09. The normalized spacial score (nSPS) is 13.6. The molecule has 0 N–H and O–H groups in total. The van der Waals surface area contributed by atoms with Crippen molar-refractivity contribution >= 4 is 28.8 Å². The highest BCUT2D eigenvalue weighted by Crippen LogP contribution is 2.36. The maximum atomic E-state index is 13.1. The first-order valence-corrected chi connectivity index (χ1v) is 11.1. The first-order chi connectivity index (χ1) is 17.0. The highest BCUT2D eigenvalue weighted by atomic mass is 16.5. The van der Waals surface area contributed by atoms with Gasteiger partial charge in [-0.25, -0.2) is 4.79 Å². The number of fused-ring (bicyclic) bond motifs is 2. The third-order valence-electron chi connectivity index (χ3n) is 5.59. The number of benzene rings is 3. The molecule has 0 unspecified atom stereocenters. The van der Waals surface area contributed by atoms with E-state index in [0.717, 1.165) is 5.56 Å². The second kappa shape index (κ2) is 9.02. The van der Waals surface area contributed by atoms with Crippen molar-refractivity contribution in [3.63, 3.8) is 0 Å². The fourth-order valence-electron chi connectivity index (χ4n) is 3.98. The summed E-state index contributed by atoms with van der Waals surface area (Å²) in [5.74, 6) is 1.67. The molecule has 0 fully saturated rings. The SMILES string of the molecule is CCOc1ccc2oc(C)c(C(=O)Oc3ccc4c(c3)OC(=Cc3cccc(OC)c3)C4=O)c2c1. The summed E-state index contributed by atoms with van der Waals surface area (Å²) in [5.41, 5.74) is 2.04. The van der Waals surface area contributed by atoms with Crippen LogP contribution >= 0.6 is 0 Å². The molecular formula is C28H22O7. The van der Waals surface area contributed by atoms with Crippen LogP contribution in [0.15, 0.2) is 70.8 Å². The van der Waals surface area contributed by atoms with Crippen LogP contribution in [0, 0.1) is 6.92 Å². The second-order valence-corrected chi connectivity index (χ2v) is 7.89. The van der Waals surface area contributed by atoms with Gasteiger partial charge in [-0.1, -0.05) is 12.1 Å². The number of aryl methyl sites for hydroxylation is 1. The molecule has 1 aromatic heterocycles. The Morgan fingerprint density at radius 3 is 2.63 bits per heavy atom. The molecule has 0 aliphatic carbocycles. The van der Waals surface area contributed by atoms with E-state index in [9.17, 15) is 9.59 Å². The van der Waals surface area contributed by atoms with Gasteiger partial charge in [-0.2, -0.15) is 0 Å². The summed E-state index contributed by atoms with van der Waals surface area (Å²) >= 11 is 0. The smallest absolute Gasteiger partial charge is 0.347 e. The van der Waals surface area contributed by atoms with E-state index in [-0.39, 0.29) is 17.3 Å². The lowest BCUT2D eigenvalue weighted by molar-refractivity contribution is 0.0734. The van der Waals surface area contributed by atoms with Gasteiger partial charge >= 0.3 is 5.97 Å². The maximum Gasteiger partial charge on any atom is 0.347 e. The predicted molar refractivity (Wildman–Crippen MR) is 129 cm³/mol. The van der Waals surface area contributed by atoms with Crippen molar-refractivity contribution in [2.75, 3.05) is 13.7 Å². The second-order valence-electron chi connectivity index (χ2n) is 7.89. The number of methoxy groups -OCH3 is 1. The Hall–Kier alpha value is -4.52. The van der Waals surface area contributed by atoms with Crippen molar-refractivity contribution in [1.29, 1.82) is 0 Å². The van der Waals surface area contributed by atoms with Crippen LogP contribution in [-0.2, 0) is 0 Å². The van der Waals surface area contributed by atoms with E-state index >= 15 is 0 Å². The first-order valence-electron chi connectivity index (χ1n) is 11.1. The highest BCUT2D eigenvalue weighted by molar-refractivity contribution is 6.14. The van der Waals surface area contributed by atoms with E-state index in [1.54, 1.807) is 56.5 Å². The van der Waals surface area contributed by atoms with Crippen molar-refractivity contribution in [3.8, 4) is 23.0 Å². The van der Waals surface area contributed by atoms with Gasteiger partial charge in [0.1, 0.15) is 39.9 Å². The van der Waals surface area contributed by atoms with Gasteiger partial charge in [0.25, 0.3) is 0 Å². The summed E-state index contributed by atoms with van der Waals surface area (Å²) in [5, 5.41) is 0.606. The molecule has 176 valence electrons. The zero-order chi connectivity index (χ0) is 24.5. The van der Waals surface area contributed by atoms with Crippen LogP contribution in [-0.4, -0.2) is 25.5 Å². The number of carbonyl (C=O) groups is 2. The molecule has 35 heavy (non-hydrogen) atoms. The van der Waals surface area contributed by atoms with Crippen molar-refractivity contribution in [3.05, 3.63) is 88.9 Å². The third kappa shape index (κ3) is 4.24. The number of ketones is 1. The minimum absolute atomic E-state index is 0.178. The topological polar surface area (TPSA) is 84.2 Å². The molecule has 3 aromatic carbocycles. The molecule has 0 atom stereocenters. The Morgan fingerprint density at radius 2 is 1.83 bits per heavy atom. The largest absolute Gasteiger partial charge is 0.497 e. The number of rotatable bonds is 6. The highest BCUT2D eigenvalue weighted by Gasteiger charge is 2.29. The number of Topliss-reactive ketones (excluding diaryl/α,β-unsaturated/α-hetero) is 1. The summed E-state index contributed by atoms with van der Waals surface area (Å²) < 4.78 is 27.9. The average molecular weight is 470 g/mol. The standard InChI is InChI=1S/C28H22O7/c1-4-32-19-9-11-23-22(14-19)26(16(2)33-23)28(30)34-20-8-10-21-24(15-20)35-25(27(21)29)13-17-6-5-7-18(12-17)31-3/h5-15H,4H2,1-3H3. The van der Waals surface area contributed by atoms with Crippen molar-refractivity contribution in [2.24, 2.45) is 0 Å². The Morgan fingerprint density at radius 1 is 1.00 bits per heavy atom. The average Bonchev–Trinajstić information content (AvgIpc) is 3.34. The van der Waals surface area contributed by atoms with Gasteiger partial charge in [-0.05, 0) is 68.0 Å². The summed E-state index contributed by atoms with van der Waals surface area (Å²) in [6.45, 7) is 4.10. The minimum atomic E-state index is -0.577. The number of hydrogen-bond donors (Lipinski definition) is 0. The van der Waals surface area contributed by atoms with Gasteiger partial charge < -0.3 is 23.4 Å². The van der Waals surface area contributed by atoms with Crippen LogP contribution in [0.3, 0.4) is 0 Å². The molecule has 0 saturated heterocycles. The molecule has 7 nitrogen and oxygen atoms in total. The Kier molecular flexibility index (Phi) is 5.74. The molecule has 1 aliphatic rings. The number of esters is 1. The fraction of sp³-hybridized carbons (Fsp3) is 0.143. The van der Waals surface area contributed by atoms with Crippen LogP contribution in [0.2, 0.25) is 0 Å². The molecule has 0 amide bonds. The molecule has 0 saturated carbocycles. The van der Waals surface area contributed by atoms with Crippen LogP contribution in [0.5, 0.6) is 23.0 Å². The molecule has 5 rings (SSSR count). The van der Waals surface area contributed by atoms with E-state index in [0.29, 0.717) is 51.7 Å². The summed E-state index contributed by atoms with van der Waals surface area (Å²) in [7, 11) is 1.58. The van der Waals surface area contributed by atoms with E-state index in [4.69, 9.17) is 23.4 Å². The molecule has 0 spiro atoms. The summed E-state index contributed by atoms with van der Waals surface area (Å²) in [6.07, 6.45) is 1.65. The molecule has 2 heterocycles. The number of allylic oxidation sites excluding steroid dienone is 1. The fourth-order valence-corrected chi connectivity index (χ4v) is 3.98. The van der Waals surface area contributed by atoms with Gasteiger partial charge in [0.2, 0.25) is 5.78 Å². The molecule has 7 heteroatoms. The molecule has 4 aromatic rings. The summed E-state index contributed by atoms with van der Waals surface area (Å²) in [6, 6.07) is 17.3. The lowest BCUT2D eigenvalue weighted by Gasteiger charge is -2.06. The minimum Gasteiger partial charge on any atom is -0.497 e. The number of furan rings is 1. The third-order valence-corrected chi connectivity index (χ3v) is 5.59. The molecule has 1 aliphatic heterocycles. The zero-order valence-corrected chi connectivity index (χ0v) is 19.4. The van der Waals surface area contributed by atoms with Crippen LogP contribution in [0.1, 0.15) is 39.0 Å². The van der Waals surface area contributed by atoms with Crippen LogP contribution in [0.25, 0.3) is 17.0 Å². The van der Waals surface area contributed by atoms with E-state index < -0.39 is 5.97 Å². The molecule has 0 bridgehead atoms. The molecular weight excluding hydrogens is 448 g/mol. The Labute approximate surface area is 201 Å². The van der Waals surface area contributed by atoms with Crippen LogP contribution < -0.4 is 18.9 Å². The van der Waals surface area contributed by atoms with E-state index in [1.807, 2.05) is 25.1 Å². The number of carbonyl (C=O) groups excluding carboxylic acids is 2. The molecule has 0 radical (unpaired) electrons. The Bertz CT molecular complexity index is 1490. The van der Waals surface area contributed by atoms with Crippen molar-refractivity contribution in [2.45, 2.75) is 13.8 Å². The first kappa shape index (κ1) is 22.3. The quantitative estimate of drug-likeness (QED) is 0.195. The monoisotopic (exact) mass is 470 g/mol. The lowest BCUT2D eigenvalue weighted by atomic mass is 10.1. The predicted octanol–water partition coefficient (Wildman–Crippen LogP) is 5.98.